The van der Waals surface area contributed by atoms with Crippen molar-refractivity contribution < 1.29 is 9.90 Å². The molecule has 0 aliphatic carbocycles. The number of nitrogens with zero attached hydrogens (tertiary/aromatic N) is 2. The number of carbonyl (C=O) groups is 1. The van der Waals surface area contributed by atoms with Crippen molar-refractivity contribution in [3.63, 3.8) is 0 Å². The second-order valence-corrected chi connectivity index (χ2v) is 4.60. The number of nitrogens with one attached hydrogen (secondary N) is 1. The van der Waals surface area contributed by atoms with E-state index in [1.165, 1.54) is 4.68 Å². The van der Waals surface area contributed by atoms with Crippen molar-refractivity contribution >= 4 is 11.6 Å². The molecular weight excluding hydrogens is 266 g/mol. The summed E-state index contributed by atoms with van der Waals surface area (Å²) in [6.07, 6.45) is 2.04. The minimum atomic E-state index is -0.197. The Morgan fingerprint density at radius 2 is 2.24 bits per heavy atom. The van der Waals surface area contributed by atoms with Gasteiger partial charge < -0.3 is 10.4 Å². The van der Waals surface area contributed by atoms with Gasteiger partial charge in [0.2, 0.25) is 0 Å². The molecule has 0 radical (unpaired) electrons. The highest BCUT2D eigenvalue weighted by atomic mass is 16.2. The molecule has 1 amide bonds. The number of aliphatic hydroxyl groups is 1. The second kappa shape index (κ2) is 6.73. The number of amides is 1. The minimum Gasteiger partial charge on any atom is -0.395 e. The van der Waals surface area contributed by atoms with Gasteiger partial charge in [0.15, 0.2) is 0 Å². The molecule has 0 unspecified atom stereocenters. The van der Waals surface area contributed by atoms with Gasteiger partial charge in [0.25, 0.3) is 5.91 Å². The summed E-state index contributed by atoms with van der Waals surface area (Å²) in [4.78, 5) is 12.1. The van der Waals surface area contributed by atoms with Gasteiger partial charge >= 0.3 is 0 Å². The Balaban J connectivity index is 2.13. The quantitative estimate of drug-likeness (QED) is 0.843. The van der Waals surface area contributed by atoms with Crippen LogP contribution in [0, 0.1) is 18.8 Å². The van der Waals surface area contributed by atoms with Crippen molar-refractivity contribution in [3.8, 4) is 11.8 Å². The first kappa shape index (κ1) is 14.8. The summed E-state index contributed by atoms with van der Waals surface area (Å²) in [6, 6.07) is 7.24. The predicted molar refractivity (Wildman–Crippen MR) is 80.9 cm³/mol. The number of hydrogen-bond donors (Lipinski definition) is 2. The molecule has 0 fully saturated rings. The Morgan fingerprint density at radius 3 is 2.86 bits per heavy atom. The van der Waals surface area contributed by atoms with Crippen LogP contribution >= 0.6 is 0 Å². The Labute approximate surface area is 123 Å². The van der Waals surface area contributed by atoms with E-state index in [1.807, 2.05) is 25.1 Å². The molecular formula is C16H17N3O2. The lowest BCUT2D eigenvalue weighted by Crippen LogP contribution is -2.16. The molecule has 1 aromatic carbocycles. The fraction of sp³-hybridized carbons (Fsp3) is 0.250. The van der Waals surface area contributed by atoms with Crippen LogP contribution in [0.4, 0.5) is 5.69 Å². The standard InChI is InChI=1S/C16H17N3O2/c1-12-11-13(5-3-4-10-20)6-7-14(12)18-16(21)15-8-9-17-19(15)2/h6-9,11,20H,4,10H2,1-2H3,(H,18,21). The van der Waals surface area contributed by atoms with Gasteiger partial charge in [-0.25, -0.2) is 0 Å². The van der Waals surface area contributed by atoms with E-state index in [0.717, 1.165) is 16.8 Å². The van der Waals surface area contributed by atoms with Crippen molar-refractivity contribution in [2.45, 2.75) is 13.3 Å². The van der Waals surface area contributed by atoms with Crippen molar-refractivity contribution in [2.24, 2.45) is 7.05 Å². The van der Waals surface area contributed by atoms with Crippen molar-refractivity contribution in [1.82, 2.24) is 9.78 Å². The topological polar surface area (TPSA) is 67.2 Å². The normalized spacial score (nSPS) is 9.86. The molecule has 0 saturated carbocycles. The van der Waals surface area contributed by atoms with Crippen LogP contribution in [0.15, 0.2) is 30.5 Å². The summed E-state index contributed by atoms with van der Waals surface area (Å²) < 4.78 is 1.53. The molecule has 2 aromatic rings. The predicted octanol–water partition coefficient (Wildman–Crippen LogP) is 1.71. The molecule has 1 aromatic heterocycles. The van der Waals surface area contributed by atoms with E-state index in [0.29, 0.717) is 12.1 Å². The van der Waals surface area contributed by atoms with Crippen LogP contribution in [0.5, 0.6) is 0 Å². The van der Waals surface area contributed by atoms with E-state index < -0.39 is 0 Å². The average Bonchev–Trinajstić information content (AvgIpc) is 2.88. The fourth-order valence-electron chi connectivity index (χ4n) is 1.89. The van der Waals surface area contributed by atoms with Crippen LogP contribution in [0.2, 0.25) is 0 Å². The highest BCUT2D eigenvalue weighted by Crippen LogP contribution is 2.17. The Bertz CT molecular complexity index is 708. The third kappa shape index (κ3) is 3.71. The van der Waals surface area contributed by atoms with Crippen LogP contribution in [-0.2, 0) is 7.05 Å². The van der Waals surface area contributed by atoms with Gasteiger partial charge in [0, 0.05) is 30.9 Å². The van der Waals surface area contributed by atoms with Gasteiger partial charge in [0.1, 0.15) is 5.69 Å². The fourth-order valence-corrected chi connectivity index (χ4v) is 1.89. The van der Waals surface area contributed by atoms with Gasteiger partial charge in [-0.3, -0.25) is 9.48 Å². The maximum atomic E-state index is 12.1. The van der Waals surface area contributed by atoms with E-state index in [9.17, 15) is 4.79 Å². The van der Waals surface area contributed by atoms with Gasteiger partial charge in [-0.2, -0.15) is 5.10 Å². The average molecular weight is 283 g/mol. The molecule has 0 aliphatic rings. The van der Waals surface area contributed by atoms with Gasteiger partial charge in [0.05, 0.1) is 6.61 Å². The molecule has 0 bridgehead atoms. The molecule has 0 atom stereocenters. The number of hydrogen-bond acceptors (Lipinski definition) is 3. The third-order valence-electron chi connectivity index (χ3n) is 3.00. The summed E-state index contributed by atoms with van der Waals surface area (Å²) in [5.74, 6) is 5.64. The molecule has 0 spiro atoms. The lowest BCUT2D eigenvalue weighted by Gasteiger charge is -2.08. The zero-order valence-corrected chi connectivity index (χ0v) is 12.1. The zero-order chi connectivity index (χ0) is 15.2. The molecule has 0 saturated heterocycles. The van der Waals surface area contributed by atoms with Crippen LogP contribution in [0.3, 0.4) is 0 Å². The Kier molecular flexibility index (Phi) is 4.75. The number of carbonyl (C=O) groups excluding carboxylic acids is 1. The SMILES string of the molecule is Cc1cc(C#CCCO)ccc1NC(=O)c1ccnn1C. The maximum absolute atomic E-state index is 12.1. The summed E-state index contributed by atoms with van der Waals surface area (Å²) in [7, 11) is 1.72. The number of anilines is 1. The second-order valence-electron chi connectivity index (χ2n) is 4.60. The summed E-state index contributed by atoms with van der Waals surface area (Å²) in [5.41, 5.74) is 3.04. The lowest BCUT2D eigenvalue weighted by molar-refractivity contribution is 0.101. The molecule has 2 rings (SSSR count). The molecule has 5 nitrogen and oxygen atoms in total. The number of aryl methyl sites for hydroxylation is 2. The maximum Gasteiger partial charge on any atom is 0.273 e. The Morgan fingerprint density at radius 1 is 1.43 bits per heavy atom. The molecule has 1 heterocycles. The number of benzene rings is 1. The van der Waals surface area contributed by atoms with Crippen LogP contribution in [0.25, 0.3) is 0 Å². The van der Waals surface area contributed by atoms with Gasteiger partial charge in [-0.15, -0.1) is 0 Å². The highest BCUT2D eigenvalue weighted by Gasteiger charge is 2.11. The Hall–Kier alpha value is -2.58. The third-order valence-corrected chi connectivity index (χ3v) is 3.00. The van der Waals surface area contributed by atoms with Gasteiger partial charge in [-0.1, -0.05) is 11.8 Å². The van der Waals surface area contributed by atoms with Crippen LogP contribution < -0.4 is 5.32 Å². The zero-order valence-electron chi connectivity index (χ0n) is 12.1. The van der Waals surface area contributed by atoms with E-state index in [4.69, 9.17) is 5.11 Å². The lowest BCUT2D eigenvalue weighted by atomic mass is 10.1. The monoisotopic (exact) mass is 283 g/mol. The van der Waals surface area contributed by atoms with Crippen molar-refractivity contribution in [2.75, 3.05) is 11.9 Å². The first-order chi connectivity index (χ1) is 10.1. The number of rotatable bonds is 3. The summed E-state index contributed by atoms with van der Waals surface area (Å²) in [5, 5.41) is 15.5. The molecule has 0 aliphatic heterocycles. The first-order valence-corrected chi connectivity index (χ1v) is 6.61. The van der Waals surface area contributed by atoms with E-state index >= 15 is 0 Å². The first-order valence-electron chi connectivity index (χ1n) is 6.61. The van der Waals surface area contributed by atoms with Crippen molar-refractivity contribution in [1.29, 1.82) is 0 Å². The highest BCUT2D eigenvalue weighted by molar-refractivity contribution is 6.03. The van der Waals surface area contributed by atoms with E-state index in [2.05, 4.69) is 22.3 Å². The molecule has 2 N–H and O–H groups in total. The molecule has 21 heavy (non-hydrogen) atoms. The number of aromatic nitrogens is 2. The summed E-state index contributed by atoms with van der Waals surface area (Å²) in [6.45, 7) is 1.97. The van der Waals surface area contributed by atoms with Crippen LogP contribution in [0.1, 0.15) is 28.0 Å². The molecule has 5 heteroatoms. The van der Waals surface area contributed by atoms with Crippen LogP contribution in [-0.4, -0.2) is 27.4 Å². The van der Waals surface area contributed by atoms with E-state index in [-0.39, 0.29) is 12.5 Å². The smallest absolute Gasteiger partial charge is 0.273 e. The van der Waals surface area contributed by atoms with E-state index in [1.54, 1.807) is 19.3 Å². The molecule has 108 valence electrons. The largest absolute Gasteiger partial charge is 0.395 e. The minimum absolute atomic E-state index is 0.0603. The number of aliphatic hydroxyl groups excluding tert-OH is 1. The van der Waals surface area contributed by atoms with Crippen molar-refractivity contribution in [3.05, 3.63) is 47.3 Å². The summed E-state index contributed by atoms with van der Waals surface area (Å²) >= 11 is 0. The van der Waals surface area contributed by atoms with Gasteiger partial charge in [-0.05, 0) is 36.8 Å².